The Kier molecular flexibility index (Phi) is 8.04. The summed E-state index contributed by atoms with van der Waals surface area (Å²) in [4.78, 5) is 38.4. The Labute approximate surface area is 200 Å². The van der Waals surface area contributed by atoms with Crippen LogP contribution in [0.1, 0.15) is 50.6 Å². The molecule has 2 aromatic carbocycles. The van der Waals surface area contributed by atoms with Gasteiger partial charge in [0.15, 0.2) is 0 Å². The fourth-order valence-electron chi connectivity index (χ4n) is 3.41. The van der Waals surface area contributed by atoms with Crippen molar-refractivity contribution in [1.82, 2.24) is 0 Å². The van der Waals surface area contributed by atoms with Gasteiger partial charge < -0.3 is 25.1 Å². The molecule has 34 heavy (non-hydrogen) atoms. The maximum atomic E-state index is 13.3. The van der Waals surface area contributed by atoms with Crippen molar-refractivity contribution >= 4 is 34.2 Å². The predicted octanol–water partition coefficient (Wildman–Crippen LogP) is 3.66. The van der Waals surface area contributed by atoms with E-state index < -0.39 is 30.1 Å². The Hall–Kier alpha value is -3.69. The standard InChI is InChI=1S/C25H25NO7S/c1-3-31-22(27)19-18(20(34-21(19)26)23(28)32-4-2)15-33-24(29)25(30,16-11-7-5-8-12-16)17-13-9-6-10-14-17/h5-14,30H,3-4,15,26H2,1-2H3. The van der Waals surface area contributed by atoms with Crippen LogP contribution in [-0.4, -0.2) is 36.2 Å². The van der Waals surface area contributed by atoms with E-state index in [-0.39, 0.29) is 34.2 Å². The van der Waals surface area contributed by atoms with E-state index in [9.17, 15) is 19.5 Å². The van der Waals surface area contributed by atoms with E-state index in [1.165, 1.54) is 0 Å². The lowest BCUT2D eigenvalue weighted by Crippen LogP contribution is -2.38. The zero-order valence-corrected chi connectivity index (χ0v) is 19.6. The highest BCUT2D eigenvalue weighted by molar-refractivity contribution is 7.18. The van der Waals surface area contributed by atoms with Crippen LogP contribution in [-0.2, 0) is 31.2 Å². The minimum Gasteiger partial charge on any atom is -0.462 e. The molecule has 0 bridgehead atoms. The van der Waals surface area contributed by atoms with Gasteiger partial charge >= 0.3 is 17.9 Å². The lowest BCUT2D eigenvalue weighted by Gasteiger charge is -2.27. The summed E-state index contributed by atoms with van der Waals surface area (Å²) in [5, 5.41) is 11.6. The molecule has 0 unspecified atom stereocenters. The largest absolute Gasteiger partial charge is 0.462 e. The number of rotatable bonds is 9. The second-order valence-electron chi connectivity index (χ2n) is 7.11. The molecule has 0 fully saturated rings. The van der Waals surface area contributed by atoms with E-state index in [1.54, 1.807) is 74.5 Å². The van der Waals surface area contributed by atoms with Crippen molar-refractivity contribution in [2.75, 3.05) is 18.9 Å². The summed E-state index contributed by atoms with van der Waals surface area (Å²) in [6, 6.07) is 16.7. The summed E-state index contributed by atoms with van der Waals surface area (Å²) in [5.41, 5.74) is 4.47. The molecule has 0 spiro atoms. The first-order chi connectivity index (χ1) is 16.3. The van der Waals surface area contributed by atoms with Crippen LogP contribution in [0.25, 0.3) is 0 Å². The maximum absolute atomic E-state index is 13.3. The van der Waals surface area contributed by atoms with E-state index in [4.69, 9.17) is 19.9 Å². The van der Waals surface area contributed by atoms with Crippen LogP contribution in [0.15, 0.2) is 60.7 Å². The number of benzene rings is 2. The Balaban J connectivity index is 2.00. The first-order valence-corrected chi connectivity index (χ1v) is 11.4. The van der Waals surface area contributed by atoms with Crippen LogP contribution in [0, 0.1) is 0 Å². The van der Waals surface area contributed by atoms with E-state index in [1.807, 2.05) is 0 Å². The molecule has 1 aromatic heterocycles. The Bertz CT molecular complexity index is 1120. The number of nitrogens with two attached hydrogens (primary N) is 1. The smallest absolute Gasteiger partial charge is 0.348 e. The number of nitrogen functional groups attached to an aromatic ring is 1. The molecule has 0 saturated heterocycles. The molecule has 3 aromatic rings. The van der Waals surface area contributed by atoms with Crippen molar-refractivity contribution in [3.05, 3.63) is 87.8 Å². The number of aliphatic hydroxyl groups is 1. The van der Waals surface area contributed by atoms with Crippen LogP contribution >= 0.6 is 11.3 Å². The normalized spacial score (nSPS) is 11.0. The highest BCUT2D eigenvalue weighted by Crippen LogP contribution is 2.35. The van der Waals surface area contributed by atoms with Gasteiger partial charge in [-0.25, -0.2) is 14.4 Å². The lowest BCUT2D eigenvalue weighted by atomic mass is 9.86. The molecule has 3 rings (SSSR count). The van der Waals surface area contributed by atoms with Crippen molar-refractivity contribution in [2.45, 2.75) is 26.1 Å². The SMILES string of the molecule is CCOC(=O)c1sc(N)c(C(=O)OCC)c1COC(=O)C(O)(c1ccccc1)c1ccccc1. The van der Waals surface area contributed by atoms with E-state index >= 15 is 0 Å². The van der Waals surface area contributed by atoms with E-state index in [2.05, 4.69) is 0 Å². The second-order valence-corrected chi connectivity index (χ2v) is 8.16. The molecular formula is C25H25NO7S. The molecule has 0 amide bonds. The minimum atomic E-state index is -2.13. The summed E-state index contributed by atoms with van der Waals surface area (Å²) in [6.45, 7) is 2.96. The van der Waals surface area contributed by atoms with Gasteiger partial charge in [0, 0.05) is 5.56 Å². The van der Waals surface area contributed by atoms with Gasteiger partial charge in [-0.1, -0.05) is 60.7 Å². The molecule has 0 atom stereocenters. The summed E-state index contributed by atoms with van der Waals surface area (Å²) >= 11 is 0.844. The molecule has 178 valence electrons. The molecule has 8 nitrogen and oxygen atoms in total. The van der Waals surface area contributed by atoms with Gasteiger partial charge in [0.25, 0.3) is 0 Å². The molecule has 0 radical (unpaired) electrons. The summed E-state index contributed by atoms with van der Waals surface area (Å²) in [5.74, 6) is -2.44. The van der Waals surface area contributed by atoms with Crippen LogP contribution in [0.3, 0.4) is 0 Å². The number of carbonyl (C=O) groups excluding carboxylic acids is 3. The van der Waals surface area contributed by atoms with Crippen LogP contribution in [0.5, 0.6) is 0 Å². The van der Waals surface area contributed by atoms with Crippen LogP contribution in [0.2, 0.25) is 0 Å². The highest BCUT2D eigenvalue weighted by atomic mass is 32.1. The predicted molar refractivity (Wildman–Crippen MR) is 126 cm³/mol. The molecule has 0 aliphatic heterocycles. The third-order valence-corrected chi connectivity index (χ3v) is 6.04. The van der Waals surface area contributed by atoms with Crippen molar-refractivity contribution in [2.24, 2.45) is 0 Å². The average Bonchev–Trinajstić information content (AvgIpc) is 3.19. The van der Waals surface area contributed by atoms with Gasteiger partial charge in [-0.3, -0.25) is 0 Å². The number of hydrogen-bond donors (Lipinski definition) is 2. The third kappa shape index (κ3) is 4.95. The van der Waals surface area contributed by atoms with Gasteiger partial charge in [0.2, 0.25) is 5.60 Å². The van der Waals surface area contributed by atoms with Gasteiger partial charge in [0.05, 0.1) is 13.2 Å². The Morgan fingerprint density at radius 2 is 1.35 bits per heavy atom. The molecule has 3 N–H and O–H groups in total. The molecule has 0 aliphatic carbocycles. The average molecular weight is 484 g/mol. The number of hydrogen-bond acceptors (Lipinski definition) is 9. The van der Waals surface area contributed by atoms with Crippen molar-refractivity contribution in [3.8, 4) is 0 Å². The minimum absolute atomic E-state index is 0.0261. The lowest BCUT2D eigenvalue weighted by molar-refractivity contribution is -0.163. The number of thiophene rings is 1. The van der Waals surface area contributed by atoms with E-state index in [0.717, 1.165) is 11.3 Å². The Morgan fingerprint density at radius 1 is 0.853 bits per heavy atom. The monoisotopic (exact) mass is 483 g/mol. The summed E-state index contributed by atoms with van der Waals surface area (Å²) in [7, 11) is 0. The molecule has 1 heterocycles. The van der Waals surface area contributed by atoms with Gasteiger partial charge in [-0.05, 0) is 25.0 Å². The summed E-state index contributed by atoms with van der Waals surface area (Å²) < 4.78 is 15.6. The highest BCUT2D eigenvalue weighted by Gasteiger charge is 2.42. The van der Waals surface area contributed by atoms with E-state index in [0.29, 0.717) is 11.1 Å². The van der Waals surface area contributed by atoms with Crippen LogP contribution in [0.4, 0.5) is 5.00 Å². The van der Waals surface area contributed by atoms with Crippen molar-refractivity contribution in [1.29, 1.82) is 0 Å². The number of esters is 3. The number of carbonyl (C=O) groups is 3. The number of anilines is 1. The fourth-order valence-corrected chi connectivity index (χ4v) is 4.37. The van der Waals surface area contributed by atoms with Crippen molar-refractivity contribution < 1.29 is 33.7 Å². The molecule has 9 heteroatoms. The second kappa shape index (κ2) is 11.0. The first kappa shape index (κ1) is 24.9. The van der Waals surface area contributed by atoms with Crippen LogP contribution < -0.4 is 5.73 Å². The maximum Gasteiger partial charge on any atom is 0.348 e. The topological polar surface area (TPSA) is 125 Å². The quantitative estimate of drug-likeness (QED) is 0.349. The number of ether oxygens (including phenoxy) is 3. The molecular weight excluding hydrogens is 458 g/mol. The zero-order valence-electron chi connectivity index (χ0n) is 18.8. The molecule has 0 aliphatic rings. The van der Waals surface area contributed by atoms with Gasteiger partial charge in [-0.2, -0.15) is 0 Å². The molecule has 0 saturated carbocycles. The zero-order chi connectivity index (χ0) is 24.7. The Morgan fingerprint density at radius 3 is 1.85 bits per heavy atom. The van der Waals surface area contributed by atoms with Crippen molar-refractivity contribution in [3.63, 3.8) is 0 Å². The van der Waals surface area contributed by atoms with Gasteiger partial charge in [0.1, 0.15) is 22.0 Å². The fraction of sp³-hybridized carbons (Fsp3) is 0.240. The summed E-state index contributed by atoms with van der Waals surface area (Å²) in [6.07, 6.45) is 0. The first-order valence-electron chi connectivity index (χ1n) is 10.6. The van der Waals surface area contributed by atoms with Gasteiger partial charge in [-0.15, -0.1) is 11.3 Å². The third-order valence-electron chi connectivity index (χ3n) is 5.00.